The molecule has 0 aromatic heterocycles. The molecule has 1 N–H and O–H groups in total. The van der Waals surface area contributed by atoms with Crippen LogP contribution in [0.25, 0.3) is 0 Å². The fourth-order valence-electron chi connectivity index (χ4n) is 4.25. The standard InChI is InChI=1S/C27H36N2O4/c1-4-25(27(31)28-22-8-6-5-7-9-22)29(18-21-12-10-20(2)11-13-21)26(30)19-33-24-16-14-23(32-3)15-17-24/h10-17,22,25H,4-9,18-19H2,1-3H3,(H,28,31). The number of methoxy groups -OCH3 is 1. The third-order valence-corrected chi connectivity index (χ3v) is 6.23. The van der Waals surface area contributed by atoms with Crippen molar-refractivity contribution >= 4 is 11.8 Å². The summed E-state index contributed by atoms with van der Waals surface area (Å²) in [6.07, 6.45) is 6.07. The van der Waals surface area contributed by atoms with Crippen molar-refractivity contribution in [2.75, 3.05) is 13.7 Å². The predicted octanol–water partition coefficient (Wildman–Crippen LogP) is 4.64. The molecule has 1 saturated carbocycles. The molecule has 3 rings (SSSR count). The van der Waals surface area contributed by atoms with Crippen LogP contribution in [-0.2, 0) is 16.1 Å². The molecule has 1 aliphatic rings. The minimum atomic E-state index is -0.541. The van der Waals surface area contributed by atoms with Crippen LogP contribution in [0.1, 0.15) is 56.6 Å². The Labute approximate surface area is 197 Å². The lowest BCUT2D eigenvalue weighted by molar-refractivity contribution is -0.143. The number of amides is 2. The van der Waals surface area contributed by atoms with Crippen LogP contribution in [0.15, 0.2) is 48.5 Å². The van der Waals surface area contributed by atoms with Gasteiger partial charge >= 0.3 is 0 Å². The SMILES string of the molecule is CCC(C(=O)NC1CCCCC1)N(Cc1ccc(C)cc1)C(=O)COc1ccc(OC)cc1. The van der Waals surface area contributed by atoms with E-state index in [1.54, 1.807) is 36.3 Å². The van der Waals surface area contributed by atoms with E-state index in [1.165, 1.54) is 6.42 Å². The Morgan fingerprint density at radius 2 is 1.64 bits per heavy atom. The van der Waals surface area contributed by atoms with Gasteiger partial charge in [-0.15, -0.1) is 0 Å². The van der Waals surface area contributed by atoms with E-state index < -0.39 is 6.04 Å². The Balaban J connectivity index is 1.73. The predicted molar refractivity (Wildman–Crippen MR) is 129 cm³/mol. The van der Waals surface area contributed by atoms with Crippen LogP contribution in [-0.4, -0.2) is 42.5 Å². The van der Waals surface area contributed by atoms with Crippen molar-refractivity contribution in [2.24, 2.45) is 0 Å². The van der Waals surface area contributed by atoms with Crippen LogP contribution >= 0.6 is 0 Å². The van der Waals surface area contributed by atoms with E-state index in [1.807, 2.05) is 38.1 Å². The molecule has 0 bridgehead atoms. The lowest BCUT2D eigenvalue weighted by atomic mass is 9.95. The Kier molecular flexibility index (Phi) is 9.16. The highest BCUT2D eigenvalue weighted by atomic mass is 16.5. The molecule has 1 unspecified atom stereocenters. The largest absolute Gasteiger partial charge is 0.497 e. The Hall–Kier alpha value is -3.02. The van der Waals surface area contributed by atoms with Crippen LogP contribution in [0.4, 0.5) is 0 Å². The number of nitrogens with zero attached hydrogens (tertiary/aromatic N) is 1. The van der Waals surface area contributed by atoms with E-state index >= 15 is 0 Å². The minimum Gasteiger partial charge on any atom is -0.497 e. The van der Waals surface area contributed by atoms with Gasteiger partial charge < -0.3 is 19.7 Å². The fourth-order valence-corrected chi connectivity index (χ4v) is 4.25. The number of aryl methyl sites for hydroxylation is 1. The summed E-state index contributed by atoms with van der Waals surface area (Å²) in [4.78, 5) is 28.2. The van der Waals surface area contributed by atoms with Crippen molar-refractivity contribution in [3.8, 4) is 11.5 Å². The van der Waals surface area contributed by atoms with Crippen LogP contribution in [0.3, 0.4) is 0 Å². The second-order valence-corrected chi connectivity index (χ2v) is 8.74. The maximum Gasteiger partial charge on any atom is 0.261 e. The number of nitrogens with one attached hydrogen (secondary N) is 1. The highest BCUT2D eigenvalue weighted by molar-refractivity contribution is 5.88. The summed E-state index contributed by atoms with van der Waals surface area (Å²) >= 11 is 0. The van der Waals surface area contributed by atoms with Gasteiger partial charge in [0.15, 0.2) is 6.61 Å². The summed E-state index contributed by atoms with van der Waals surface area (Å²) in [5.41, 5.74) is 2.14. The molecular formula is C27H36N2O4. The molecule has 6 heteroatoms. The maximum absolute atomic E-state index is 13.3. The van der Waals surface area contributed by atoms with E-state index in [0.29, 0.717) is 18.7 Å². The molecular weight excluding hydrogens is 416 g/mol. The average molecular weight is 453 g/mol. The molecule has 0 spiro atoms. The highest BCUT2D eigenvalue weighted by Crippen LogP contribution is 2.20. The van der Waals surface area contributed by atoms with Gasteiger partial charge in [0.05, 0.1) is 7.11 Å². The molecule has 1 aliphatic carbocycles. The second kappa shape index (κ2) is 12.3. The third-order valence-electron chi connectivity index (χ3n) is 6.23. The number of carbonyl (C=O) groups is 2. The number of hydrogen-bond donors (Lipinski definition) is 1. The van der Waals surface area contributed by atoms with Crippen LogP contribution in [0.5, 0.6) is 11.5 Å². The van der Waals surface area contributed by atoms with Crippen molar-refractivity contribution in [1.82, 2.24) is 10.2 Å². The van der Waals surface area contributed by atoms with Gasteiger partial charge in [-0.2, -0.15) is 0 Å². The molecule has 2 amide bonds. The quantitative estimate of drug-likeness (QED) is 0.570. The first-order valence-corrected chi connectivity index (χ1v) is 11.9. The monoisotopic (exact) mass is 452 g/mol. The van der Waals surface area contributed by atoms with Gasteiger partial charge in [-0.1, -0.05) is 56.0 Å². The molecule has 0 saturated heterocycles. The van der Waals surface area contributed by atoms with Crippen molar-refractivity contribution < 1.29 is 19.1 Å². The van der Waals surface area contributed by atoms with Gasteiger partial charge in [-0.05, 0) is 56.0 Å². The van der Waals surface area contributed by atoms with Gasteiger partial charge in [-0.3, -0.25) is 9.59 Å². The Bertz CT molecular complexity index is 889. The summed E-state index contributed by atoms with van der Waals surface area (Å²) in [5, 5.41) is 3.20. The van der Waals surface area contributed by atoms with E-state index in [2.05, 4.69) is 5.32 Å². The number of benzene rings is 2. The molecule has 178 valence electrons. The maximum atomic E-state index is 13.3. The highest BCUT2D eigenvalue weighted by Gasteiger charge is 2.30. The zero-order valence-corrected chi connectivity index (χ0v) is 20.0. The Morgan fingerprint density at radius 1 is 1.00 bits per heavy atom. The number of ether oxygens (including phenoxy) is 2. The molecule has 2 aromatic rings. The van der Waals surface area contributed by atoms with Crippen molar-refractivity contribution in [1.29, 1.82) is 0 Å². The Morgan fingerprint density at radius 3 is 2.24 bits per heavy atom. The van der Waals surface area contributed by atoms with Crippen LogP contribution in [0, 0.1) is 6.92 Å². The fraction of sp³-hybridized carbons (Fsp3) is 0.481. The lowest BCUT2D eigenvalue weighted by Crippen LogP contribution is -2.52. The van der Waals surface area contributed by atoms with E-state index in [9.17, 15) is 9.59 Å². The first-order chi connectivity index (χ1) is 16.0. The van der Waals surface area contributed by atoms with Gasteiger partial charge in [0, 0.05) is 12.6 Å². The van der Waals surface area contributed by atoms with Gasteiger partial charge in [0.2, 0.25) is 5.91 Å². The molecule has 6 nitrogen and oxygen atoms in total. The molecule has 1 atom stereocenters. The van der Waals surface area contributed by atoms with Gasteiger partial charge in [0.25, 0.3) is 5.91 Å². The molecule has 33 heavy (non-hydrogen) atoms. The zero-order valence-electron chi connectivity index (χ0n) is 20.0. The zero-order chi connectivity index (χ0) is 23.6. The van der Waals surface area contributed by atoms with E-state index in [4.69, 9.17) is 9.47 Å². The topological polar surface area (TPSA) is 67.9 Å². The second-order valence-electron chi connectivity index (χ2n) is 8.74. The van der Waals surface area contributed by atoms with Crippen molar-refractivity contribution in [3.05, 3.63) is 59.7 Å². The minimum absolute atomic E-state index is 0.0747. The van der Waals surface area contributed by atoms with E-state index in [-0.39, 0.29) is 24.5 Å². The smallest absolute Gasteiger partial charge is 0.261 e. The van der Waals surface area contributed by atoms with Gasteiger partial charge in [-0.25, -0.2) is 0 Å². The summed E-state index contributed by atoms with van der Waals surface area (Å²) in [5.74, 6) is 1.02. The van der Waals surface area contributed by atoms with Crippen molar-refractivity contribution in [3.63, 3.8) is 0 Å². The average Bonchev–Trinajstić information content (AvgIpc) is 2.84. The molecule has 0 heterocycles. The first-order valence-electron chi connectivity index (χ1n) is 11.9. The summed E-state index contributed by atoms with van der Waals surface area (Å²) in [6.45, 7) is 4.21. The first kappa shape index (κ1) is 24.6. The van der Waals surface area contributed by atoms with E-state index in [0.717, 1.165) is 42.6 Å². The van der Waals surface area contributed by atoms with Crippen LogP contribution < -0.4 is 14.8 Å². The molecule has 2 aromatic carbocycles. The lowest BCUT2D eigenvalue weighted by Gasteiger charge is -2.32. The number of carbonyl (C=O) groups excluding carboxylic acids is 2. The van der Waals surface area contributed by atoms with Gasteiger partial charge in [0.1, 0.15) is 17.5 Å². The molecule has 1 fully saturated rings. The molecule has 0 aliphatic heterocycles. The summed E-state index contributed by atoms with van der Waals surface area (Å²) < 4.78 is 10.9. The number of hydrogen-bond acceptors (Lipinski definition) is 4. The molecule has 0 radical (unpaired) electrons. The normalized spacial score (nSPS) is 14.9. The number of rotatable bonds is 10. The summed E-state index contributed by atoms with van der Waals surface area (Å²) in [6, 6.07) is 14.8. The summed E-state index contributed by atoms with van der Waals surface area (Å²) in [7, 11) is 1.60. The third kappa shape index (κ3) is 7.24. The van der Waals surface area contributed by atoms with Crippen LogP contribution in [0.2, 0.25) is 0 Å². The van der Waals surface area contributed by atoms with Crippen molar-refractivity contribution in [2.45, 2.75) is 71.0 Å².